The molecule has 0 saturated heterocycles. The Hall–Kier alpha value is -1.57. The normalized spacial score (nSPS) is 10.7. The topological polar surface area (TPSA) is 29.9 Å². The Kier molecular flexibility index (Phi) is 2.86. The van der Waals surface area contributed by atoms with Crippen molar-refractivity contribution >= 4 is 16.6 Å². The molecule has 1 aromatic heterocycles. The number of hydrogen-bond acceptors (Lipinski definition) is 1. The molecule has 0 radical (unpaired) electrons. The Morgan fingerprint density at radius 2 is 2.00 bits per heavy atom. The third-order valence-corrected chi connectivity index (χ3v) is 2.73. The fourth-order valence-electron chi connectivity index (χ4n) is 1.80. The third kappa shape index (κ3) is 1.94. The van der Waals surface area contributed by atoms with Gasteiger partial charge in [-0.1, -0.05) is 31.5 Å². The molecule has 0 aliphatic heterocycles. The number of anilines is 1. The van der Waals surface area contributed by atoms with Crippen molar-refractivity contribution in [3.63, 3.8) is 0 Å². The number of nitrogen functional groups attached to an aromatic ring is 1. The molecule has 2 nitrogen and oxygen atoms in total. The van der Waals surface area contributed by atoms with Gasteiger partial charge in [-0.3, -0.25) is 5.73 Å². The predicted molar refractivity (Wildman–Crippen MR) is 63.5 cm³/mol. The first-order chi connectivity index (χ1) is 7.33. The van der Waals surface area contributed by atoms with Crippen LogP contribution in [0.25, 0.3) is 10.8 Å². The highest BCUT2D eigenvalue weighted by atomic mass is 15.0. The Bertz CT molecular complexity index is 463. The summed E-state index contributed by atoms with van der Waals surface area (Å²) >= 11 is 0. The van der Waals surface area contributed by atoms with Gasteiger partial charge in [0, 0.05) is 0 Å². The summed E-state index contributed by atoms with van der Waals surface area (Å²) < 4.78 is 2.13. The summed E-state index contributed by atoms with van der Waals surface area (Å²) in [6.45, 7) is 3.20. The van der Waals surface area contributed by atoms with E-state index >= 15 is 0 Å². The summed E-state index contributed by atoms with van der Waals surface area (Å²) in [5.74, 6) is 0.876. The zero-order chi connectivity index (χ0) is 10.7. The van der Waals surface area contributed by atoms with Gasteiger partial charge >= 0.3 is 0 Å². The van der Waals surface area contributed by atoms with E-state index in [1.165, 1.54) is 18.2 Å². The van der Waals surface area contributed by atoms with E-state index in [1.807, 2.05) is 12.1 Å². The molecule has 2 heteroatoms. The van der Waals surface area contributed by atoms with E-state index in [-0.39, 0.29) is 0 Å². The number of fused-ring (bicyclic) bond motifs is 1. The average Bonchev–Trinajstić information content (AvgIpc) is 2.29. The van der Waals surface area contributed by atoms with Crippen molar-refractivity contribution in [2.24, 2.45) is 0 Å². The van der Waals surface area contributed by atoms with Crippen molar-refractivity contribution in [2.45, 2.75) is 26.3 Å². The van der Waals surface area contributed by atoms with Crippen LogP contribution in [-0.2, 0) is 6.54 Å². The van der Waals surface area contributed by atoms with E-state index in [4.69, 9.17) is 5.73 Å². The molecule has 0 spiro atoms. The van der Waals surface area contributed by atoms with Crippen molar-refractivity contribution in [2.75, 3.05) is 5.73 Å². The molecule has 2 rings (SSSR count). The Morgan fingerprint density at radius 1 is 1.20 bits per heavy atom. The molecule has 2 aromatic rings. The summed E-state index contributed by atoms with van der Waals surface area (Å²) in [7, 11) is 0. The molecule has 0 atom stereocenters. The molecule has 15 heavy (non-hydrogen) atoms. The zero-order valence-corrected chi connectivity index (χ0v) is 9.11. The minimum absolute atomic E-state index is 0.876. The van der Waals surface area contributed by atoms with Crippen molar-refractivity contribution in [3.8, 4) is 0 Å². The molecular weight excluding hydrogens is 184 g/mol. The third-order valence-electron chi connectivity index (χ3n) is 2.73. The number of rotatable bonds is 3. The number of nitrogens with two attached hydrogens (primary N) is 1. The van der Waals surface area contributed by atoms with Crippen molar-refractivity contribution < 1.29 is 4.57 Å². The molecule has 0 bridgehead atoms. The second kappa shape index (κ2) is 4.30. The van der Waals surface area contributed by atoms with E-state index in [1.54, 1.807) is 0 Å². The molecule has 2 N–H and O–H groups in total. The summed E-state index contributed by atoms with van der Waals surface area (Å²) in [6, 6.07) is 10.4. The first kappa shape index (κ1) is 9.97. The quantitative estimate of drug-likeness (QED) is 0.760. The van der Waals surface area contributed by atoms with E-state index in [2.05, 4.69) is 35.9 Å². The van der Waals surface area contributed by atoms with Gasteiger partial charge in [-0.15, -0.1) is 0 Å². The largest absolute Gasteiger partial charge is 0.286 e. The van der Waals surface area contributed by atoms with Gasteiger partial charge in [0.2, 0.25) is 0 Å². The first-order valence-electron chi connectivity index (χ1n) is 5.49. The first-order valence-corrected chi connectivity index (χ1v) is 5.49. The van der Waals surface area contributed by atoms with Crippen LogP contribution in [0.5, 0.6) is 0 Å². The lowest BCUT2D eigenvalue weighted by Crippen LogP contribution is -2.36. The monoisotopic (exact) mass is 201 g/mol. The van der Waals surface area contributed by atoms with E-state index in [9.17, 15) is 0 Å². The van der Waals surface area contributed by atoms with Crippen LogP contribution < -0.4 is 10.3 Å². The van der Waals surface area contributed by atoms with Gasteiger partial charge in [0.05, 0.1) is 18.1 Å². The second-order valence-electron chi connectivity index (χ2n) is 3.84. The highest BCUT2D eigenvalue weighted by Crippen LogP contribution is 2.16. The fourth-order valence-corrected chi connectivity index (χ4v) is 1.80. The van der Waals surface area contributed by atoms with E-state index in [0.29, 0.717) is 0 Å². The number of aromatic nitrogens is 1. The van der Waals surface area contributed by atoms with Gasteiger partial charge in [0.25, 0.3) is 5.82 Å². The van der Waals surface area contributed by atoms with Gasteiger partial charge in [-0.2, -0.15) is 0 Å². The van der Waals surface area contributed by atoms with Crippen LogP contribution >= 0.6 is 0 Å². The maximum atomic E-state index is 6.12. The predicted octanol–water partition coefficient (Wildman–Crippen LogP) is 2.51. The molecule has 0 aliphatic rings. The summed E-state index contributed by atoms with van der Waals surface area (Å²) in [4.78, 5) is 0. The molecule has 0 aliphatic carbocycles. The zero-order valence-electron chi connectivity index (χ0n) is 9.11. The summed E-state index contributed by atoms with van der Waals surface area (Å²) in [6.07, 6.45) is 4.44. The SMILES string of the molecule is CCCC[n+]1ccc2ccccc2c1N. The fraction of sp³-hybridized carbons (Fsp3) is 0.308. The van der Waals surface area contributed by atoms with Gasteiger partial charge in [-0.25, -0.2) is 4.57 Å². The van der Waals surface area contributed by atoms with Crippen LogP contribution in [0.3, 0.4) is 0 Å². The maximum absolute atomic E-state index is 6.12. The highest BCUT2D eigenvalue weighted by molar-refractivity contribution is 5.89. The Labute approximate surface area is 90.3 Å². The van der Waals surface area contributed by atoms with Crippen molar-refractivity contribution in [1.82, 2.24) is 0 Å². The number of benzene rings is 1. The number of aryl methyl sites for hydroxylation is 1. The lowest BCUT2D eigenvalue weighted by molar-refractivity contribution is -0.682. The van der Waals surface area contributed by atoms with Gasteiger partial charge in [-0.05, 0) is 23.9 Å². The molecule has 0 saturated carbocycles. The van der Waals surface area contributed by atoms with Gasteiger partial charge in [0.15, 0.2) is 0 Å². The number of hydrogen-bond donors (Lipinski definition) is 1. The minimum Gasteiger partial charge on any atom is -0.286 e. The number of pyridine rings is 1. The molecule has 0 amide bonds. The molecule has 0 fully saturated rings. The van der Waals surface area contributed by atoms with Crippen molar-refractivity contribution in [3.05, 3.63) is 36.5 Å². The Balaban J connectivity index is 2.45. The number of unbranched alkanes of at least 4 members (excludes halogenated alkanes) is 1. The van der Waals surface area contributed by atoms with Crippen LogP contribution in [0.4, 0.5) is 5.82 Å². The van der Waals surface area contributed by atoms with Gasteiger partial charge in [0.1, 0.15) is 0 Å². The Morgan fingerprint density at radius 3 is 2.80 bits per heavy atom. The molecule has 78 valence electrons. The van der Waals surface area contributed by atoms with Gasteiger partial charge < -0.3 is 0 Å². The number of nitrogens with zero attached hydrogens (tertiary/aromatic N) is 1. The second-order valence-corrected chi connectivity index (χ2v) is 3.84. The summed E-state index contributed by atoms with van der Waals surface area (Å²) in [5.41, 5.74) is 6.12. The molecule has 1 heterocycles. The molecular formula is C13H17N2+. The molecule has 0 unspecified atom stereocenters. The van der Waals surface area contributed by atoms with Crippen LogP contribution in [0, 0.1) is 0 Å². The standard InChI is InChI=1S/C13H16N2/c1-2-3-9-15-10-8-11-6-4-5-7-12(11)13(15)14/h4-8,10,14H,2-3,9H2,1H3/p+1. The van der Waals surface area contributed by atoms with E-state index in [0.717, 1.165) is 17.7 Å². The van der Waals surface area contributed by atoms with Crippen LogP contribution in [-0.4, -0.2) is 0 Å². The van der Waals surface area contributed by atoms with Crippen LogP contribution in [0.1, 0.15) is 19.8 Å². The summed E-state index contributed by atoms with van der Waals surface area (Å²) in [5, 5.41) is 2.36. The van der Waals surface area contributed by atoms with Crippen LogP contribution in [0.2, 0.25) is 0 Å². The molecule has 1 aromatic carbocycles. The van der Waals surface area contributed by atoms with Crippen molar-refractivity contribution in [1.29, 1.82) is 0 Å². The maximum Gasteiger partial charge on any atom is 0.280 e. The lowest BCUT2D eigenvalue weighted by Gasteiger charge is -2.04. The highest BCUT2D eigenvalue weighted by Gasteiger charge is 2.07. The lowest BCUT2D eigenvalue weighted by atomic mass is 10.1. The van der Waals surface area contributed by atoms with E-state index < -0.39 is 0 Å². The average molecular weight is 201 g/mol. The van der Waals surface area contributed by atoms with Crippen LogP contribution in [0.15, 0.2) is 36.5 Å². The minimum atomic E-state index is 0.876. The smallest absolute Gasteiger partial charge is 0.280 e.